The molecule has 104 valence electrons. The summed E-state index contributed by atoms with van der Waals surface area (Å²) in [6, 6.07) is 1.34. The molecule has 0 rings (SSSR count). The van der Waals surface area contributed by atoms with Gasteiger partial charge in [0.1, 0.15) is 0 Å². The molecule has 0 saturated carbocycles. The number of unbranched alkanes of at least 4 members (excludes halogenated alkanes) is 2. The van der Waals surface area contributed by atoms with Gasteiger partial charge >= 0.3 is 0 Å². The maximum atomic E-state index is 3.57. The van der Waals surface area contributed by atoms with Crippen LogP contribution >= 0.6 is 0 Å². The molecule has 1 atom stereocenters. The minimum Gasteiger partial charge on any atom is -0.314 e. The van der Waals surface area contributed by atoms with Gasteiger partial charge in [0, 0.05) is 12.1 Å². The van der Waals surface area contributed by atoms with Crippen molar-refractivity contribution in [2.24, 2.45) is 0 Å². The quantitative estimate of drug-likeness (QED) is 0.556. The van der Waals surface area contributed by atoms with Crippen molar-refractivity contribution in [3.63, 3.8) is 0 Å². The highest BCUT2D eigenvalue weighted by molar-refractivity contribution is 4.68. The Bertz CT molecular complexity index is 157. The fourth-order valence-corrected chi connectivity index (χ4v) is 2.05. The minimum atomic E-state index is 0.655. The van der Waals surface area contributed by atoms with E-state index in [1.165, 1.54) is 45.2 Å². The van der Waals surface area contributed by atoms with E-state index in [-0.39, 0.29) is 0 Å². The molecule has 0 amide bonds. The van der Waals surface area contributed by atoms with Gasteiger partial charge in [0.15, 0.2) is 0 Å². The molecule has 0 spiro atoms. The van der Waals surface area contributed by atoms with E-state index in [0.717, 1.165) is 6.54 Å². The lowest BCUT2D eigenvalue weighted by atomic mass is 10.1. The Morgan fingerprint density at radius 2 is 1.65 bits per heavy atom. The summed E-state index contributed by atoms with van der Waals surface area (Å²) < 4.78 is 0. The van der Waals surface area contributed by atoms with E-state index in [2.05, 4.69) is 44.8 Å². The smallest absolute Gasteiger partial charge is 0.00509 e. The van der Waals surface area contributed by atoms with Crippen LogP contribution in [0, 0.1) is 0 Å². The summed E-state index contributed by atoms with van der Waals surface area (Å²) in [5.74, 6) is 0. The van der Waals surface area contributed by atoms with Crippen LogP contribution < -0.4 is 5.32 Å². The molecule has 0 aliphatic carbocycles. The summed E-state index contributed by atoms with van der Waals surface area (Å²) >= 11 is 0. The maximum absolute atomic E-state index is 3.57. The van der Waals surface area contributed by atoms with Crippen molar-refractivity contribution in [3.8, 4) is 0 Å². The minimum absolute atomic E-state index is 0.655. The van der Waals surface area contributed by atoms with E-state index in [9.17, 15) is 0 Å². The van der Waals surface area contributed by atoms with Crippen molar-refractivity contribution in [1.29, 1.82) is 0 Å². The van der Waals surface area contributed by atoms with Gasteiger partial charge in [-0.25, -0.2) is 0 Å². The molecule has 0 aromatic carbocycles. The summed E-state index contributed by atoms with van der Waals surface area (Å²) in [5.41, 5.74) is 0. The van der Waals surface area contributed by atoms with E-state index in [0.29, 0.717) is 12.1 Å². The predicted molar refractivity (Wildman–Crippen MR) is 78.6 cm³/mol. The fraction of sp³-hybridized carbons (Fsp3) is 1.00. The summed E-state index contributed by atoms with van der Waals surface area (Å²) in [6.07, 6.45) is 6.54. The van der Waals surface area contributed by atoms with Gasteiger partial charge in [0.05, 0.1) is 0 Å². The first-order chi connectivity index (χ1) is 8.11. The first-order valence-electron chi connectivity index (χ1n) is 7.59. The van der Waals surface area contributed by atoms with Crippen molar-refractivity contribution in [2.45, 2.75) is 78.8 Å². The van der Waals surface area contributed by atoms with Gasteiger partial charge in [0.2, 0.25) is 0 Å². The van der Waals surface area contributed by atoms with Crippen molar-refractivity contribution in [1.82, 2.24) is 10.2 Å². The second kappa shape index (κ2) is 11.0. The van der Waals surface area contributed by atoms with E-state index in [1.54, 1.807) is 0 Å². The Kier molecular flexibility index (Phi) is 11.0. The molecule has 17 heavy (non-hydrogen) atoms. The first-order valence-corrected chi connectivity index (χ1v) is 7.59. The van der Waals surface area contributed by atoms with Crippen molar-refractivity contribution in [2.75, 3.05) is 19.6 Å². The predicted octanol–water partition coefficient (Wildman–Crippen LogP) is 3.67. The fourth-order valence-electron chi connectivity index (χ4n) is 2.05. The molecule has 0 bridgehead atoms. The van der Waals surface area contributed by atoms with Crippen LogP contribution in [0.15, 0.2) is 0 Å². The molecule has 1 unspecified atom stereocenters. The monoisotopic (exact) mass is 242 g/mol. The Morgan fingerprint density at radius 1 is 0.941 bits per heavy atom. The second-order valence-electron chi connectivity index (χ2n) is 5.48. The standard InChI is InChI=1S/C15H34N2/c1-6-8-9-12-17(14(3)4)13-10-15(5)16-11-7-2/h14-16H,6-13H2,1-5H3. The number of nitrogens with zero attached hydrogens (tertiary/aromatic N) is 1. The number of hydrogen-bond acceptors (Lipinski definition) is 2. The zero-order chi connectivity index (χ0) is 13.1. The van der Waals surface area contributed by atoms with Gasteiger partial charge in [0.25, 0.3) is 0 Å². The molecule has 0 aliphatic rings. The third-order valence-corrected chi connectivity index (χ3v) is 3.37. The van der Waals surface area contributed by atoms with E-state index in [1.807, 2.05) is 0 Å². The van der Waals surface area contributed by atoms with Crippen LogP contribution in [0.4, 0.5) is 0 Å². The Morgan fingerprint density at radius 3 is 2.18 bits per heavy atom. The van der Waals surface area contributed by atoms with Crippen LogP contribution in [-0.2, 0) is 0 Å². The van der Waals surface area contributed by atoms with E-state index in [4.69, 9.17) is 0 Å². The van der Waals surface area contributed by atoms with Gasteiger partial charge in [-0.2, -0.15) is 0 Å². The maximum Gasteiger partial charge on any atom is 0.00509 e. The lowest BCUT2D eigenvalue weighted by Gasteiger charge is -2.28. The van der Waals surface area contributed by atoms with Crippen LogP contribution in [0.25, 0.3) is 0 Å². The van der Waals surface area contributed by atoms with Gasteiger partial charge in [-0.05, 0) is 59.7 Å². The lowest BCUT2D eigenvalue weighted by Crippen LogP contribution is -2.37. The van der Waals surface area contributed by atoms with Crippen LogP contribution in [0.5, 0.6) is 0 Å². The Balaban J connectivity index is 3.75. The number of rotatable bonds is 11. The Labute approximate surface area is 109 Å². The first kappa shape index (κ1) is 16.9. The van der Waals surface area contributed by atoms with Crippen LogP contribution in [0.1, 0.15) is 66.7 Å². The molecule has 2 heteroatoms. The molecule has 0 fully saturated rings. The molecule has 0 aliphatic heterocycles. The Hall–Kier alpha value is -0.0800. The van der Waals surface area contributed by atoms with Gasteiger partial charge in [-0.3, -0.25) is 0 Å². The van der Waals surface area contributed by atoms with Crippen molar-refractivity contribution in [3.05, 3.63) is 0 Å². The lowest BCUT2D eigenvalue weighted by molar-refractivity contribution is 0.207. The van der Waals surface area contributed by atoms with Gasteiger partial charge < -0.3 is 10.2 Å². The molecule has 1 N–H and O–H groups in total. The van der Waals surface area contributed by atoms with Gasteiger partial charge in [-0.15, -0.1) is 0 Å². The zero-order valence-electron chi connectivity index (χ0n) is 12.8. The highest BCUT2D eigenvalue weighted by atomic mass is 15.1. The van der Waals surface area contributed by atoms with Gasteiger partial charge in [-0.1, -0.05) is 26.7 Å². The average molecular weight is 242 g/mol. The highest BCUT2D eigenvalue weighted by Gasteiger charge is 2.10. The number of hydrogen-bond donors (Lipinski definition) is 1. The van der Waals surface area contributed by atoms with Crippen LogP contribution in [0.3, 0.4) is 0 Å². The molecular weight excluding hydrogens is 208 g/mol. The summed E-state index contributed by atoms with van der Waals surface area (Å²) in [5, 5.41) is 3.57. The summed E-state index contributed by atoms with van der Waals surface area (Å²) in [7, 11) is 0. The van der Waals surface area contributed by atoms with Crippen LogP contribution in [-0.4, -0.2) is 36.6 Å². The topological polar surface area (TPSA) is 15.3 Å². The largest absolute Gasteiger partial charge is 0.314 e. The molecule has 0 aromatic rings. The zero-order valence-corrected chi connectivity index (χ0v) is 12.8. The summed E-state index contributed by atoms with van der Waals surface area (Å²) in [6.45, 7) is 15.1. The SMILES string of the molecule is CCCCCN(CCC(C)NCCC)C(C)C. The normalized spacial score (nSPS) is 13.6. The molecule has 0 aromatic heterocycles. The summed E-state index contributed by atoms with van der Waals surface area (Å²) in [4.78, 5) is 2.62. The molecular formula is C15H34N2. The second-order valence-corrected chi connectivity index (χ2v) is 5.48. The molecule has 2 nitrogen and oxygen atoms in total. The van der Waals surface area contributed by atoms with E-state index < -0.39 is 0 Å². The van der Waals surface area contributed by atoms with Crippen LogP contribution in [0.2, 0.25) is 0 Å². The molecule has 0 radical (unpaired) electrons. The van der Waals surface area contributed by atoms with Crippen molar-refractivity contribution < 1.29 is 0 Å². The van der Waals surface area contributed by atoms with E-state index >= 15 is 0 Å². The third kappa shape index (κ3) is 9.61. The van der Waals surface area contributed by atoms with Crippen molar-refractivity contribution >= 4 is 0 Å². The third-order valence-electron chi connectivity index (χ3n) is 3.37. The molecule has 0 heterocycles. The molecule has 0 saturated heterocycles. The highest BCUT2D eigenvalue weighted by Crippen LogP contribution is 2.05. The average Bonchev–Trinajstić information content (AvgIpc) is 2.30. The number of nitrogens with one attached hydrogen (secondary N) is 1.